The number of hydrogen-bond acceptors (Lipinski definition) is 3. The maximum absolute atomic E-state index is 13.8. The number of hydrogen-bond donors (Lipinski definition) is 1. The van der Waals surface area contributed by atoms with Crippen molar-refractivity contribution in [3.05, 3.63) is 58.2 Å². The lowest BCUT2D eigenvalue weighted by Gasteiger charge is -2.37. The Morgan fingerprint density at radius 1 is 1.27 bits per heavy atom. The van der Waals surface area contributed by atoms with E-state index in [4.69, 9.17) is 9.72 Å². The molecule has 1 aromatic heterocycles. The van der Waals surface area contributed by atoms with Gasteiger partial charge in [0, 0.05) is 24.2 Å². The van der Waals surface area contributed by atoms with Gasteiger partial charge in [-0.2, -0.15) is 0 Å². The van der Waals surface area contributed by atoms with Gasteiger partial charge in [-0.3, -0.25) is 4.79 Å². The molecule has 3 aliphatic rings. The molecule has 1 amide bonds. The molecule has 154 valence electrons. The van der Waals surface area contributed by atoms with Crippen LogP contribution < -0.4 is 10.1 Å². The van der Waals surface area contributed by atoms with Crippen molar-refractivity contribution in [2.24, 2.45) is 7.05 Å². The summed E-state index contributed by atoms with van der Waals surface area (Å²) in [5, 5.41) is 3.13. The van der Waals surface area contributed by atoms with Gasteiger partial charge >= 0.3 is 0 Å². The number of nitrogens with zero attached hydrogens (tertiary/aromatic N) is 2. The van der Waals surface area contributed by atoms with E-state index in [1.807, 2.05) is 30.7 Å². The van der Waals surface area contributed by atoms with Crippen LogP contribution in [0.3, 0.4) is 0 Å². The quantitative estimate of drug-likeness (QED) is 0.699. The van der Waals surface area contributed by atoms with Crippen LogP contribution in [0.1, 0.15) is 58.6 Å². The van der Waals surface area contributed by atoms with Crippen LogP contribution in [0.5, 0.6) is 5.75 Å². The van der Waals surface area contributed by atoms with Crippen molar-refractivity contribution in [2.45, 2.75) is 57.1 Å². The van der Waals surface area contributed by atoms with E-state index in [0.29, 0.717) is 11.6 Å². The molecule has 6 heteroatoms. The molecule has 6 rings (SSSR count). The largest absolute Gasteiger partial charge is 0.480 e. The van der Waals surface area contributed by atoms with Crippen LogP contribution in [0.2, 0.25) is 0 Å². The van der Waals surface area contributed by atoms with Crippen LogP contribution in [0.25, 0.3) is 11.0 Å². The van der Waals surface area contributed by atoms with Crippen molar-refractivity contribution in [3.8, 4) is 5.75 Å². The van der Waals surface area contributed by atoms with E-state index in [0.717, 1.165) is 77.8 Å². The highest BCUT2D eigenvalue weighted by Gasteiger charge is 2.45. The Hall–Kier alpha value is -2.89. The van der Waals surface area contributed by atoms with Crippen molar-refractivity contribution < 1.29 is 13.9 Å². The predicted molar refractivity (Wildman–Crippen MR) is 111 cm³/mol. The third kappa shape index (κ3) is 2.52. The highest BCUT2D eigenvalue weighted by atomic mass is 19.1. The average molecular weight is 405 g/mol. The van der Waals surface area contributed by atoms with Crippen molar-refractivity contribution >= 4 is 16.9 Å². The Bertz CT molecular complexity index is 1230. The normalized spacial score (nSPS) is 22.1. The molecule has 1 spiro atoms. The van der Waals surface area contributed by atoms with Crippen molar-refractivity contribution in [3.63, 3.8) is 0 Å². The molecule has 2 aliphatic carbocycles. The minimum atomic E-state index is -0.472. The number of benzene rings is 2. The minimum absolute atomic E-state index is 0.0250. The molecule has 2 heterocycles. The fourth-order valence-electron chi connectivity index (χ4n) is 5.12. The molecular weight excluding hydrogens is 381 g/mol. The van der Waals surface area contributed by atoms with Gasteiger partial charge in [-0.25, -0.2) is 9.37 Å². The number of imidazole rings is 1. The number of ether oxygens (including phenoxy) is 1. The molecule has 0 radical (unpaired) electrons. The summed E-state index contributed by atoms with van der Waals surface area (Å²) in [6, 6.07) is 7.27. The molecule has 0 saturated heterocycles. The Kier molecular flexibility index (Phi) is 3.62. The molecule has 0 bridgehead atoms. The number of carbonyl (C=O) groups is 1. The number of aromatic nitrogens is 2. The Balaban J connectivity index is 1.52. The molecular formula is C24H24FN3O2. The van der Waals surface area contributed by atoms with Gasteiger partial charge in [0.2, 0.25) is 0 Å². The van der Waals surface area contributed by atoms with Crippen molar-refractivity contribution in [1.82, 2.24) is 14.9 Å². The highest BCUT2D eigenvalue weighted by Crippen LogP contribution is 2.50. The minimum Gasteiger partial charge on any atom is -0.480 e. The molecule has 1 unspecified atom stereocenters. The number of rotatable bonds is 2. The van der Waals surface area contributed by atoms with Crippen LogP contribution in [-0.4, -0.2) is 21.5 Å². The second kappa shape index (κ2) is 6.06. The number of aryl methyl sites for hydroxylation is 3. The molecule has 1 atom stereocenters. The molecule has 1 fully saturated rings. The lowest BCUT2D eigenvalue weighted by molar-refractivity contribution is 0.0458. The summed E-state index contributed by atoms with van der Waals surface area (Å²) in [5.74, 6) is 1.37. The molecule has 1 saturated carbocycles. The monoisotopic (exact) mass is 405 g/mol. The second-order valence-electron chi connectivity index (χ2n) is 8.96. The van der Waals surface area contributed by atoms with E-state index < -0.39 is 5.60 Å². The molecule has 1 aliphatic heterocycles. The Labute approximate surface area is 174 Å². The zero-order chi connectivity index (χ0) is 20.6. The van der Waals surface area contributed by atoms with E-state index in [1.54, 1.807) is 6.07 Å². The fraction of sp³-hybridized carbons (Fsp3) is 0.417. The Morgan fingerprint density at radius 3 is 2.87 bits per heavy atom. The van der Waals surface area contributed by atoms with Gasteiger partial charge in [0.1, 0.15) is 22.8 Å². The SMILES string of the molecule is Cc1nc2c3c(c(C(=O)NC4CC4)cc2n1C)CCC1(CCc2cc(F)ccc21)O3. The van der Waals surface area contributed by atoms with Crippen LogP contribution in [0.15, 0.2) is 24.3 Å². The van der Waals surface area contributed by atoms with Gasteiger partial charge in [-0.15, -0.1) is 0 Å². The number of fused-ring (bicyclic) bond motifs is 5. The summed E-state index contributed by atoms with van der Waals surface area (Å²) in [6.07, 6.45) is 5.23. The zero-order valence-corrected chi connectivity index (χ0v) is 17.2. The topological polar surface area (TPSA) is 56.2 Å². The number of nitrogens with one attached hydrogen (secondary N) is 1. The first kappa shape index (κ1) is 17.9. The summed E-state index contributed by atoms with van der Waals surface area (Å²) in [4.78, 5) is 17.8. The highest BCUT2D eigenvalue weighted by molar-refractivity contribution is 6.02. The van der Waals surface area contributed by atoms with Crippen molar-refractivity contribution in [1.29, 1.82) is 0 Å². The van der Waals surface area contributed by atoms with Gasteiger partial charge in [0.25, 0.3) is 5.91 Å². The van der Waals surface area contributed by atoms with Crippen molar-refractivity contribution in [2.75, 3.05) is 0 Å². The Morgan fingerprint density at radius 2 is 2.07 bits per heavy atom. The van der Waals surface area contributed by atoms with E-state index in [1.165, 1.54) is 6.07 Å². The van der Waals surface area contributed by atoms with Gasteiger partial charge in [-0.1, -0.05) is 6.07 Å². The van der Waals surface area contributed by atoms with Gasteiger partial charge < -0.3 is 14.6 Å². The number of halogens is 1. The maximum atomic E-state index is 13.8. The summed E-state index contributed by atoms with van der Waals surface area (Å²) in [7, 11) is 1.96. The molecule has 3 aromatic rings. The third-order valence-corrected chi connectivity index (χ3v) is 7.05. The first-order valence-electron chi connectivity index (χ1n) is 10.7. The number of carbonyl (C=O) groups excluding carboxylic acids is 1. The molecule has 30 heavy (non-hydrogen) atoms. The smallest absolute Gasteiger partial charge is 0.251 e. The first-order chi connectivity index (χ1) is 14.4. The van der Waals surface area contributed by atoms with Crippen LogP contribution in [0, 0.1) is 12.7 Å². The first-order valence-corrected chi connectivity index (χ1v) is 10.7. The predicted octanol–water partition coefficient (Wildman–Crippen LogP) is 4.08. The van der Waals surface area contributed by atoms with Crippen LogP contribution >= 0.6 is 0 Å². The van der Waals surface area contributed by atoms with Gasteiger partial charge in [-0.05, 0) is 74.8 Å². The average Bonchev–Trinajstić information content (AvgIpc) is 3.42. The zero-order valence-electron chi connectivity index (χ0n) is 17.2. The van der Waals surface area contributed by atoms with E-state index in [-0.39, 0.29) is 11.7 Å². The maximum Gasteiger partial charge on any atom is 0.251 e. The lowest BCUT2D eigenvalue weighted by Crippen LogP contribution is -2.36. The molecule has 2 aromatic carbocycles. The van der Waals surface area contributed by atoms with Crippen LogP contribution in [0.4, 0.5) is 4.39 Å². The van der Waals surface area contributed by atoms with E-state index >= 15 is 0 Å². The van der Waals surface area contributed by atoms with Gasteiger partial charge in [0.05, 0.1) is 5.52 Å². The van der Waals surface area contributed by atoms with E-state index in [2.05, 4.69) is 5.32 Å². The molecule has 1 N–H and O–H groups in total. The van der Waals surface area contributed by atoms with Gasteiger partial charge in [0.15, 0.2) is 5.75 Å². The molecule has 5 nitrogen and oxygen atoms in total. The lowest BCUT2D eigenvalue weighted by atomic mass is 9.84. The van der Waals surface area contributed by atoms with E-state index in [9.17, 15) is 9.18 Å². The summed E-state index contributed by atoms with van der Waals surface area (Å²) < 4.78 is 22.5. The number of amides is 1. The summed E-state index contributed by atoms with van der Waals surface area (Å²) in [6.45, 7) is 1.96. The second-order valence-corrected chi connectivity index (χ2v) is 8.96. The van der Waals surface area contributed by atoms with Crippen LogP contribution in [-0.2, 0) is 25.5 Å². The third-order valence-electron chi connectivity index (χ3n) is 7.05. The fourth-order valence-corrected chi connectivity index (χ4v) is 5.12. The summed E-state index contributed by atoms with van der Waals surface area (Å²) in [5.41, 5.74) is 4.97. The standard InChI is InChI=1S/C24H24FN3O2/c1-13-26-21-20(28(13)2)12-18(23(29)27-16-4-5-16)17-8-10-24(30-22(17)21)9-7-14-11-15(25)3-6-19(14)24/h3,6,11-12,16H,4-5,7-10H2,1-2H3,(H,27,29). The summed E-state index contributed by atoms with van der Waals surface area (Å²) >= 11 is 0.